The monoisotopic (exact) mass is 274 g/mol. The zero-order valence-electron chi connectivity index (χ0n) is 12.3. The highest BCUT2D eigenvalue weighted by atomic mass is 16.5. The fourth-order valence-corrected chi connectivity index (χ4v) is 2.55. The molecule has 0 aliphatic heterocycles. The minimum Gasteiger partial charge on any atom is -0.479 e. The molecule has 2 rings (SSSR count). The summed E-state index contributed by atoms with van der Waals surface area (Å²) in [5.74, 6) is 0.710. The lowest BCUT2D eigenvalue weighted by Gasteiger charge is -2.50. The van der Waals surface area contributed by atoms with Crippen molar-refractivity contribution in [1.29, 1.82) is 5.26 Å². The van der Waals surface area contributed by atoms with Crippen LogP contribution in [0.1, 0.15) is 38.8 Å². The first-order valence-corrected chi connectivity index (χ1v) is 6.99. The van der Waals surface area contributed by atoms with Crippen LogP contribution in [0.3, 0.4) is 0 Å². The Labute approximate surface area is 120 Å². The number of aliphatic hydroxyl groups excluding tert-OH is 1. The zero-order valence-corrected chi connectivity index (χ0v) is 12.3. The summed E-state index contributed by atoms with van der Waals surface area (Å²) in [5, 5.41) is 21.8. The van der Waals surface area contributed by atoms with Crippen LogP contribution in [0, 0.1) is 16.7 Å². The summed E-state index contributed by atoms with van der Waals surface area (Å²) < 4.78 is 5.24. The van der Waals surface area contributed by atoms with Crippen molar-refractivity contribution in [1.82, 2.24) is 5.32 Å². The van der Waals surface area contributed by atoms with Crippen molar-refractivity contribution in [2.24, 2.45) is 5.41 Å². The van der Waals surface area contributed by atoms with E-state index in [9.17, 15) is 5.11 Å². The Morgan fingerprint density at radius 2 is 2.10 bits per heavy atom. The van der Waals surface area contributed by atoms with Crippen molar-refractivity contribution >= 4 is 0 Å². The van der Waals surface area contributed by atoms with Crippen LogP contribution in [0.5, 0.6) is 5.75 Å². The Morgan fingerprint density at radius 3 is 2.60 bits per heavy atom. The molecule has 0 radical (unpaired) electrons. The molecule has 0 saturated heterocycles. The Balaban J connectivity index is 1.93. The summed E-state index contributed by atoms with van der Waals surface area (Å²) in [6.45, 7) is 6.36. The van der Waals surface area contributed by atoms with Crippen LogP contribution >= 0.6 is 0 Å². The fraction of sp³-hybridized carbons (Fsp3) is 0.562. The molecule has 20 heavy (non-hydrogen) atoms. The Hall–Kier alpha value is -1.57. The maximum Gasteiger partial charge on any atom is 0.174 e. The molecule has 1 aliphatic rings. The molecular formula is C16H22N2O2. The first-order valence-electron chi connectivity index (χ1n) is 6.99. The number of aliphatic hydroxyl groups is 1. The number of ether oxygens (including phenoxy) is 1. The molecule has 0 bridgehead atoms. The Morgan fingerprint density at radius 1 is 1.45 bits per heavy atom. The Bertz CT molecular complexity index is 490. The van der Waals surface area contributed by atoms with E-state index in [0.717, 1.165) is 6.42 Å². The minimum absolute atomic E-state index is 0.0654. The van der Waals surface area contributed by atoms with E-state index < -0.39 is 0 Å². The first kappa shape index (κ1) is 14.8. The summed E-state index contributed by atoms with van der Waals surface area (Å²) >= 11 is 0. The van der Waals surface area contributed by atoms with E-state index >= 15 is 0 Å². The molecule has 0 amide bonds. The van der Waals surface area contributed by atoms with E-state index in [0.29, 0.717) is 11.8 Å². The summed E-state index contributed by atoms with van der Waals surface area (Å²) in [6, 6.07) is 10.3. The van der Waals surface area contributed by atoms with Gasteiger partial charge in [0, 0.05) is 17.5 Å². The highest BCUT2D eigenvalue weighted by Gasteiger charge is 2.47. The molecule has 1 saturated carbocycles. The molecule has 1 aliphatic carbocycles. The Kier molecular flexibility index (Phi) is 4.32. The predicted octanol–water partition coefficient (Wildman–Crippen LogP) is 2.40. The van der Waals surface area contributed by atoms with Crippen molar-refractivity contribution in [2.45, 2.75) is 45.4 Å². The predicted molar refractivity (Wildman–Crippen MR) is 77.3 cm³/mol. The van der Waals surface area contributed by atoms with Crippen molar-refractivity contribution < 1.29 is 9.84 Å². The van der Waals surface area contributed by atoms with Crippen molar-refractivity contribution in [3.8, 4) is 11.8 Å². The van der Waals surface area contributed by atoms with Gasteiger partial charge in [-0.2, -0.15) is 5.26 Å². The molecule has 3 atom stereocenters. The highest BCUT2D eigenvalue weighted by Crippen LogP contribution is 2.41. The van der Waals surface area contributed by atoms with E-state index in [4.69, 9.17) is 10.00 Å². The molecular weight excluding hydrogens is 252 g/mol. The topological polar surface area (TPSA) is 65.3 Å². The van der Waals surface area contributed by atoms with E-state index in [2.05, 4.69) is 26.1 Å². The van der Waals surface area contributed by atoms with E-state index in [1.165, 1.54) is 5.56 Å². The molecule has 0 aromatic heterocycles. The van der Waals surface area contributed by atoms with E-state index in [1.807, 2.05) is 30.3 Å². The third kappa shape index (κ3) is 2.95. The van der Waals surface area contributed by atoms with Gasteiger partial charge in [-0.15, -0.1) is 0 Å². The first-order chi connectivity index (χ1) is 9.45. The summed E-state index contributed by atoms with van der Waals surface area (Å²) in [7, 11) is 0. The molecule has 1 aromatic carbocycles. The molecule has 4 heteroatoms. The second-order valence-corrected chi connectivity index (χ2v) is 6.03. The lowest BCUT2D eigenvalue weighted by Crippen LogP contribution is -2.60. The number of rotatable bonds is 5. The average Bonchev–Trinajstić information content (AvgIpc) is 2.45. The molecule has 3 unspecified atom stereocenters. The lowest BCUT2D eigenvalue weighted by molar-refractivity contribution is -0.0754. The summed E-state index contributed by atoms with van der Waals surface area (Å²) in [4.78, 5) is 0. The van der Waals surface area contributed by atoms with Gasteiger partial charge in [-0.05, 0) is 31.0 Å². The highest BCUT2D eigenvalue weighted by molar-refractivity contribution is 5.29. The number of hydrogen-bond donors (Lipinski definition) is 2. The van der Waals surface area contributed by atoms with Crippen molar-refractivity contribution in [2.75, 3.05) is 6.61 Å². The lowest BCUT2D eigenvalue weighted by atomic mass is 9.64. The maximum atomic E-state index is 9.77. The number of nitriles is 1. The minimum atomic E-state index is -0.214. The van der Waals surface area contributed by atoms with Gasteiger partial charge in [0.25, 0.3) is 0 Å². The number of nitrogens with zero attached hydrogens (tertiary/aromatic N) is 1. The van der Waals surface area contributed by atoms with Gasteiger partial charge in [0.1, 0.15) is 11.8 Å². The van der Waals surface area contributed by atoms with Gasteiger partial charge in [-0.25, -0.2) is 0 Å². The second kappa shape index (κ2) is 5.82. The maximum absolute atomic E-state index is 9.77. The van der Waals surface area contributed by atoms with Crippen LogP contribution in [0.2, 0.25) is 0 Å². The van der Waals surface area contributed by atoms with Gasteiger partial charge in [0.15, 0.2) is 6.61 Å². The number of hydrogen-bond acceptors (Lipinski definition) is 4. The molecule has 2 N–H and O–H groups in total. The van der Waals surface area contributed by atoms with Gasteiger partial charge in [-0.1, -0.05) is 26.0 Å². The normalized spacial score (nSPS) is 25.4. The second-order valence-electron chi connectivity index (χ2n) is 6.03. The van der Waals surface area contributed by atoms with Gasteiger partial charge in [0.2, 0.25) is 0 Å². The third-order valence-electron chi connectivity index (χ3n) is 4.35. The largest absolute Gasteiger partial charge is 0.479 e. The van der Waals surface area contributed by atoms with Gasteiger partial charge >= 0.3 is 0 Å². The quantitative estimate of drug-likeness (QED) is 0.865. The van der Waals surface area contributed by atoms with Crippen LogP contribution in [0.4, 0.5) is 0 Å². The molecule has 1 aromatic rings. The molecule has 0 heterocycles. The number of benzene rings is 1. The summed E-state index contributed by atoms with van der Waals surface area (Å²) in [5.41, 5.74) is 1.11. The molecule has 0 spiro atoms. The van der Waals surface area contributed by atoms with Crippen LogP contribution in [-0.4, -0.2) is 23.9 Å². The van der Waals surface area contributed by atoms with Crippen LogP contribution in [-0.2, 0) is 0 Å². The van der Waals surface area contributed by atoms with Gasteiger partial charge in [-0.3, -0.25) is 0 Å². The van der Waals surface area contributed by atoms with Crippen LogP contribution in [0.25, 0.3) is 0 Å². The van der Waals surface area contributed by atoms with Crippen molar-refractivity contribution in [3.05, 3.63) is 29.8 Å². The van der Waals surface area contributed by atoms with Crippen LogP contribution in [0.15, 0.2) is 24.3 Å². The zero-order chi connectivity index (χ0) is 14.8. The standard InChI is InChI=1S/C16H22N2O2/c1-11(18-14-10-15(19)16(14,2)3)12-4-6-13(7-5-12)20-9-8-17/h4-7,11,14-15,18-19H,9-10H2,1-3H3. The summed E-state index contributed by atoms with van der Waals surface area (Å²) in [6.07, 6.45) is 0.592. The third-order valence-corrected chi connectivity index (χ3v) is 4.35. The molecule has 1 fully saturated rings. The van der Waals surface area contributed by atoms with Gasteiger partial charge < -0.3 is 15.2 Å². The average molecular weight is 274 g/mol. The SMILES string of the molecule is CC(NC1CC(O)C1(C)C)c1ccc(OCC#N)cc1. The van der Waals surface area contributed by atoms with Crippen LogP contribution < -0.4 is 10.1 Å². The smallest absolute Gasteiger partial charge is 0.174 e. The van der Waals surface area contributed by atoms with Gasteiger partial charge in [0.05, 0.1) is 6.10 Å². The number of nitrogens with one attached hydrogen (secondary N) is 1. The molecule has 108 valence electrons. The molecule has 4 nitrogen and oxygen atoms in total. The van der Waals surface area contributed by atoms with E-state index in [-0.39, 0.29) is 24.2 Å². The van der Waals surface area contributed by atoms with E-state index in [1.54, 1.807) is 0 Å². The van der Waals surface area contributed by atoms with Crippen molar-refractivity contribution in [3.63, 3.8) is 0 Å². The fourth-order valence-electron chi connectivity index (χ4n) is 2.55.